The Bertz CT molecular complexity index is 1220. The summed E-state index contributed by atoms with van der Waals surface area (Å²) in [5.41, 5.74) is 4.87. The van der Waals surface area contributed by atoms with Gasteiger partial charge in [0, 0.05) is 25.1 Å². The van der Waals surface area contributed by atoms with Crippen molar-refractivity contribution in [3.63, 3.8) is 0 Å². The van der Waals surface area contributed by atoms with E-state index in [1.807, 2.05) is 12.1 Å². The topological polar surface area (TPSA) is 84.2 Å². The minimum Gasteiger partial charge on any atom is -0.481 e. The summed E-state index contributed by atoms with van der Waals surface area (Å²) in [7, 11) is 0. The number of imidazole rings is 1. The minimum absolute atomic E-state index is 0.101. The second kappa shape index (κ2) is 10.9. The van der Waals surface area contributed by atoms with E-state index in [0.29, 0.717) is 5.56 Å². The molecule has 0 aliphatic heterocycles. The lowest BCUT2D eigenvalue weighted by Gasteiger charge is -2.10. The van der Waals surface area contributed by atoms with Gasteiger partial charge in [0.05, 0.1) is 17.5 Å². The number of thiophene rings is 1. The molecular weight excluding hydrogens is 434 g/mol. The molecule has 4 rings (SSSR count). The lowest BCUT2D eigenvalue weighted by atomic mass is 10.1. The molecule has 0 unspecified atom stereocenters. The maximum atomic E-state index is 12.4. The van der Waals surface area contributed by atoms with Crippen LogP contribution in [0.5, 0.6) is 0 Å². The van der Waals surface area contributed by atoms with Gasteiger partial charge in [0.2, 0.25) is 0 Å². The molecule has 0 bridgehead atoms. The average molecular weight is 462 g/mol. The fourth-order valence-electron chi connectivity index (χ4n) is 3.91. The van der Waals surface area contributed by atoms with E-state index in [-0.39, 0.29) is 18.9 Å². The van der Waals surface area contributed by atoms with Crippen LogP contribution in [-0.4, -0.2) is 33.1 Å². The van der Waals surface area contributed by atoms with E-state index in [1.54, 1.807) is 23.5 Å². The molecule has 33 heavy (non-hydrogen) atoms. The SMILES string of the molecule is O=C(O)CCNC(=O)c1ccc2c(c1)nc(Cc1ccsc1)n2CCCCc1ccccc1. The molecule has 0 aliphatic rings. The molecule has 0 aliphatic carbocycles. The number of carboxylic acids is 1. The van der Waals surface area contributed by atoms with Crippen molar-refractivity contribution in [2.45, 2.75) is 38.6 Å². The second-order valence-electron chi connectivity index (χ2n) is 8.03. The van der Waals surface area contributed by atoms with Crippen molar-refractivity contribution >= 4 is 34.2 Å². The summed E-state index contributed by atoms with van der Waals surface area (Å²) < 4.78 is 2.27. The Balaban J connectivity index is 1.51. The number of hydrogen-bond acceptors (Lipinski definition) is 4. The fourth-order valence-corrected chi connectivity index (χ4v) is 4.58. The predicted molar refractivity (Wildman–Crippen MR) is 131 cm³/mol. The Morgan fingerprint density at radius 2 is 1.88 bits per heavy atom. The molecule has 6 nitrogen and oxygen atoms in total. The number of aliphatic carboxylic acids is 1. The molecule has 0 fully saturated rings. The highest BCUT2D eigenvalue weighted by atomic mass is 32.1. The van der Waals surface area contributed by atoms with E-state index in [4.69, 9.17) is 10.1 Å². The number of nitrogens with one attached hydrogen (secondary N) is 1. The summed E-state index contributed by atoms with van der Waals surface area (Å²) >= 11 is 1.67. The van der Waals surface area contributed by atoms with Gasteiger partial charge in [0.15, 0.2) is 0 Å². The first-order valence-corrected chi connectivity index (χ1v) is 12.1. The molecule has 0 saturated heterocycles. The van der Waals surface area contributed by atoms with Gasteiger partial charge in [-0.25, -0.2) is 4.98 Å². The van der Waals surface area contributed by atoms with Gasteiger partial charge in [0.1, 0.15) is 5.82 Å². The molecule has 2 aromatic carbocycles. The highest BCUT2D eigenvalue weighted by molar-refractivity contribution is 7.07. The summed E-state index contributed by atoms with van der Waals surface area (Å²) in [6, 6.07) is 18.2. The first-order valence-electron chi connectivity index (χ1n) is 11.1. The standard InChI is InChI=1S/C26H27N3O3S/c30-25(31)11-13-27-26(32)21-9-10-23-22(17-21)28-24(16-20-12-15-33-18-20)29(23)14-5-4-8-19-6-2-1-3-7-19/h1-3,6-7,9-10,12,15,17-18H,4-5,8,11,13-14,16H2,(H,27,32)(H,30,31). The number of aromatic nitrogens is 2. The zero-order chi connectivity index (χ0) is 23.0. The molecule has 7 heteroatoms. The fraction of sp³-hybridized carbons (Fsp3) is 0.269. The van der Waals surface area contributed by atoms with Crippen LogP contribution in [0.1, 0.15) is 46.6 Å². The predicted octanol–water partition coefficient (Wildman–Crippen LogP) is 4.92. The van der Waals surface area contributed by atoms with Crippen molar-refractivity contribution < 1.29 is 14.7 Å². The van der Waals surface area contributed by atoms with Crippen molar-refractivity contribution in [2.75, 3.05) is 6.54 Å². The van der Waals surface area contributed by atoms with Gasteiger partial charge >= 0.3 is 5.97 Å². The number of benzene rings is 2. The van der Waals surface area contributed by atoms with Crippen LogP contribution in [0.3, 0.4) is 0 Å². The third-order valence-electron chi connectivity index (χ3n) is 5.60. The zero-order valence-electron chi connectivity index (χ0n) is 18.4. The Kier molecular flexibility index (Phi) is 7.52. The Morgan fingerprint density at radius 1 is 1.03 bits per heavy atom. The number of carboxylic acid groups (broad SMARTS) is 1. The molecule has 0 radical (unpaired) electrons. The molecule has 0 atom stereocenters. The number of aryl methyl sites for hydroxylation is 2. The van der Waals surface area contributed by atoms with Gasteiger partial charge in [0.25, 0.3) is 5.91 Å². The maximum Gasteiger partial charge on any atom is 0.305 e. The summed E-state index contributed by atoms with van der Waals surface area (Å²) in [6.45, 7) is 0.971. The number of nitrogens with zero attached hydrogens (tertiary/aromatic N) is 2. The lowest BCUT2D eigenvalue weighted by molar-refractivity contribution is -0.136. The zero-order valence-corrected chi connectivity index (χ0v) is 19.2. The van der Waals surface area contributed by atoms with Crippen LogP contribution in [0.15, 0.2) is 65.4 Å². The van der Waals surface area contributed by atoms with Crippen molar-refractivity contribution in [2.24, 2.45) is 0 Å². The van der Waals surface area contributed by atoms with Gasteiger partial charge in [-0.1, -0.05) is 30.3 Å². The first-order chi connectivity index (χ1) is 16.1. The normalized spacial score (nSPS) is 11.0. The molecule has 0 spiro atoms. The van der Waals surface area contributed by atoms with Crippen molar-refractivity contribution in [1.82, 2.24) is 14.9 Å². The van der Waals surface area contributed by atoms with Crippen LogP contribution in [0.4, 0.5) is 0 Å². The van der Waals surface area contributed by atoms with Crippen LogP contribution < -0.4 is 5.32 Å². The summed E-state index contributed by atoms with van der Waals surface area (Å²) in [5, 5.41) is 15.6. The third-order valence-corrected chi connectivity index (χ3v) is 6.33. The summed E-state index contributed by atoms with van der Waals surface area (Å²) in [6.07, 6.45) is 3.82. The van der Waals surface area contributed by atoms with Crippen LogP contribution in [0.25, 0.3) is 11.0 Å². The van der Waals surface area contributed by atoms with E-state index in [0.717, 1.165) is 49.1 Å². The Labute approximate surface area is 196 Å². The maximum absolute atomic E-state index is 12.4. The van der Waals surface area contributed by atoms with Gasteiger partial charge in [-0.15, -0.1) is 0 Å². The smallest absolute Gasteiger partial charge is 0.305 e. The molecular formula is C26H27N3O3S. The Hall–Kier alpha value is -3.45. The van der Waals surface area contributed by atoms with Crippen LogP contribution in [0, 0.1) is 0 Å². The van der Waals surface area contributed by atoms with Crippen molar-refractivity contribution in [1.29, 1.82) is 0 Å². The van der Waals surface area contributed by atoms with Crippen LogP contribution in [-0.2, 0) is 24.2 Å². The van der Waals surface area contributed by atoms with E-state index >= 15 is 0 Å². The van der Waals surface area contributed by atoms with Crippen LogP contribution >= 0.6 is 11.3 Å². The molecule has 170 valence electrons. The van der Waals surface area contributed by atoms with Gasteiger partial charge < -0.3 is 15.0 Å². The highest BCUT2D eigenvalue weighted by Gasteiger charge is 2.14. The van der Waals surface area contributed by atoms with E-state index in [2.05, 4.69) is 51.0 Å². The van der Waals surface area contributed by atoms with Crippen molar-refractivity contribution in [3.05, 3.63) is 87.9 Å². The van der Waals surface area contributed by atoms with Crippen LogP contribution in [0.2, 0.25) is 0 Å². The summed E-state index contributed by atoms with van der Waals surface area (Å²) in [4.78, 5) is 28.0. The van der Waals surface area contributed by atoms with Gasteiger partial charge in [-0.05, 0) is 65.4 Å². The molecule has 2 aromatic heterocycles. The molecule has 2 heterocycles. The minimum atomic E-state index is -0.935. The van der Waals surface area contributed by atoms with Crippen molar-refractivity contribution in [3.8, 4) is 0 Å². The first kappa shape index (κ1) is 22.7. The molecule has 4 aromatic rings. The lowest BCUT2D eigenvalue weighted by Crippen LogP contribution is -2.25. The van der Waals surface area contributed by atoms with Gasteiger partial charge in [-0.2, -0.15) is 11.3 Å². The van der Waals surface area contributed by atoms with Gasteiger partial charge in [-0.3, -0.25) is 9.59 Å². The molecule has 2 N–H and O–H groups in total. The highest BCUT2D eigenvalue weighted by Crippen LogP contribution is 2.22. The number of amides is 1. The monoisotopic (exact) mass is 461 g/mol. The number of rotatable bonds is 11. The number of fused-ring (bicyclic) bond motifs is 1. The largest absolute Gasteiger partial charge is 0.481 e. The number of hydrogen-bond donors (Lipinski definition) is 2. The average Bonchev–Trinajstić information content (AvgIpc) is 3.44. The Morgan fingerprint density at radius 3 is 2.64 bits per heavy atom. The summed E-state index contributed by atoms with van der Waals surface area (Å²) in [5.74, 6) is -0.226. The molecule has 0 saturated carbocycles. The third kappa shape index (κ3) is 6.08. The molecule has 1 amide bonds. The van der Waals surface area contributed by atoms with E-state index < -0.39 is 5.97 Å². The second-order valence-corrected chi connectivity index (χ2v) is 8.81. The number of unbranched alkanes of at least 4 members (excludes halogenated alkanes) is 1. The number of carbonyl (C=O) groups excluding carboxylic acids is 1. The number of carbonyl (C=O) groups is 2. The van der Waals surface area contributed by atoms with E-state index in [1.165, 1.54) is 11.1 Å². The quantitative estimate of drug-likeness (QED) is 0.311. The van der Waals surface area contributed by atoms with E-state index in [9.17, 15) is 9.59 Å².